The molecule has 0 unspecified atom stereocenters. The molecule has 26 heavy (non-hydrogen) atoms. The molecule has 7 heteroatoms. The fraction of sp³-hybridized carbons (Fsp3) is 0.421. The summed E-state index contributed by atoms with van der Waals surface area (Å²) < 4.78 is 10.6. The van der Waals surface area contributed by atoms with E-state index in [2.05, 4.69) is 5.32 Å². The van der Waals surface area contributed by atoms with Crippen LogP contribution in [0.5, 0.6) is 0 Å². The van der Waals surface area contributed by atoms with E-state index in [1.807, 2.05) is 6.92 Å². The van der Waals surface area contributed by atoms with E-state index in [0.717, 1.165) is 12.8 Å². The van der Waals surface area contributed by atoms with Crippen molar-refractivity contribution in [2.24, 2.45) is 11.8 Å². The number of aliphatic carboxylic acids is 1. The van der Waals surface area contributed by atoms with Crippen LogP contribution in [0.4, 0.5) is 5.69 Å². The molecular weight excluding hydrogens is 338 g/mol. The molecule has 7 nitrogen and oxygen atoms in total. The normalized spacial score (nSPS) is 25.9. The first kappa shape index (κ1) is 18.1. The van der Waals surface area contributed by atoms with Gasteiger partial charge in [-0.05, 0) is 30.7 Å². The van der Waals surface area contributed by atoms with E-state index in [0.29, 0.717) is 17.9 Å². The van der Waals surface area contributed by atoms with Crippen LogP contribution in [-0.2, 0) is 19.1 Å². The van der Waals surface area contributed by atoms with Crippen molar-refractivity contribution in [1.82, 2.24) is 0 Å². The van der Waals surface area contributed by atoms with Gasteiger partial charge in [0, 0.05) is 5.69 Å². The number of benzene rings is 1. The largest absolute Gasteiger partial charge is 0.481 e. The molecule has 0 spiro atoms. The van der Waals surface area contributed by atoms with Crippen molar-refractivity contribution in [2.45, 2.75) is 32.0 Å². The van der Waals surface area contributed by atoms with Crippen molar-refractivity contribution in [2.75, 3.05) is 11.9 Å². The number of carboxylic acids is 1. The minimum Gasteiger partial charge on any atom is -0.481 e. The molecule has 3 rings (SSSR count). The Morgan fingerprint density at radius 3 is 2.38 bits per heavy atom. The van der Waals surface area contributed by atoms with E-state index in [4.69, 9.17) is 9.47 Å². The lowest BCUT2D eigenvalue weighted by Crippen LogP contribution is -2.39. The van der Waals surface area contributed by atoms with Gasteiger partial charge >= 0.3 is 11.9 Å². The van der Waals surface area contributed by atoms with Crippen LogP contribution in [0.1, 0.15) is 30.1 Å². The van der Waals surface area contributed by atoms with E-state index in [-0.39, 0.29) is 0 Å². The minimum absolute atomic E-state index is 0.377. The Labute approximate surface area is 151 Å². The van der Waals surface area contributed by atoms with Crippen LogP contribution in [-0.4, -0.2) is 41.8 Å². The number of hydrogen-bond acceptors (Lipinski definition) is 5. The maximum Gasteiger partial charge on any atom is 0.338 e. The van der Waals surface area contributed by atoms with E-state index in [1.165, 1.54) is 0 Å². The number of fused-ring (bicyclic) bond motifs is 2. The molecule has 138 valence electrons. The Bertz CT molecular complexity index is 726. The highest BCUT2D eigenvalue weighted by atomic mass is 16.5. The van der Waals surface area contributed by atoms with Gasteiger partial charge in [0.05, 0.1) is 30.3 Å². The zero-order valence-corrected chi connectivity index (χ0v) is 14.4. The molecule has 0 aromatic heterocycles. The summed E-state index contributed by atoms with van der Waals surface area (Å²) in [5, 5.41) is 12.1. The number of anilines is 1. The Kier molecular flexibility index (Phi) is 5.37. The number of carbonyl (C=O) groups excluding carboxylic acids is 2. The van der Waals surface area contributed by atoms with Crippen molar-refractivity contribution in [1.29, 1.82) is 0 Å². The summed E-state index contributed by atoms with van der Waals surface area (Å²) in [6.45, 7) is 2.39. The zero-order valence-electron chi connectivity index (χ0n) is 14.4. The number of rotatable bonds is 7. The predicted molar refractivity (Wildman–Crippen MR) is 92.7 cm³/mol. The molecule has 0 saturated carbocycles. The van der Waals surface area contributed by atoms with Crippen molar-refractivity contribution in [3.8, 4) is 0 Å². The highest BCUT2D eigenvalue weighted by molar-refractivity contribution is 5.97. The fourth-order valence-electron chi connectivity index (χ4n) is 3.22. The minimum atomic E-state index is -1.05. The molecule has 2 aliphatic rings. The van der Waals surface area contributed by atoms with E-state index < -0.39 is 41.9 Å². The molecule has 0 aliphatic carbocycles. The van der Waals surface area contributed by atoms with E-state index in [1.54, 1.807) is 36.4 Å². The van der Waals surface area contributed by atoms with Gasteiger partial charge in [-0.2, -0.15) is 0 Å². The summed E-state index contributed by atoms with van der Waals surface area (Å²) >= 11 is 0. The van der Waals surface area contributed by atoms with Crippen LogP contribution in [0.25, 0.3) is 0 Å². The fourth-order valence-corrected chi connectivity index (χ4v) is 3.22. The summed E-state index contributed by atoms with van der Waals surface area (Å²) in [7, 11) is 0. The number of carbonyl (C=O) groups is 3. The summed E-state index contributed by atoms with van der Waals surface area (Å²) in [6.07, 6.45) is 4.08. The second-order valence-corrected chi connectivity index (χ2v) is 6.40. The van der Waals surface area contributed by atoms with Crippen LogP contribution in [0, 0.1) is 11.8 Å². The van der Waals surface area contributed by atoms with Gasteiger partial charge in [-0.3, -0.25) is 9.59 Å². The Morgan fingerprint density at radius 1 is 1.12 bits per heavy atom. The third-order valence-electron chi connectivity index (χ3n) is 4.61. The number of hydrogen-bond donors (Lipinski definition) is 2. The maximum atomic E-state index is 12.5. The van der Waals surface area contributed by atoms with Gasteiger partial charge in [-0.25, -0.2) is 4.79 Å². The molecular formula is C19H21NO6. The van der Waals surface area contributed by atoms with Gasteiger partial charge in [-0.15, -0.1) is 0 Å². The lowest BCUT2D eigenvalue weighted by molar-refractivity contribution is -0.145. The summed E-state index contributed by atoms with van der Waals surface area (Å²) in [5.41, 5.74) is 0.879. The van der Waals surface area contributed by atoms with Gasteiger partial charge < -0.3 is 19.9 Å². The number of amides is 1. The van der Waals surface area contributed by atoms with E-state index >= 15 is 0 Å². The highest BCUT2D eigenvalue weighted by Gasteiger charge is 2.53. The number of esters is 1. The third-order valence-corrected chi connectivity index (χ3v) is 4.61. The molecule has 1 aromatic carbocycles. The summed E-state index contributed by atoms with van der Waals surface area (Å²) in [5.74, 6) is -3.53. The predicted octanol–water partition coefficient (Wildman–Crippen LogP) is 2.24. The average Bonchev–Trinajstić information content (AvgIpc) is 3.23. The molecule has 2 heterocycles. The SMILES string of the molecule is CCCCOC(=O)c1ccc(NC(=O)[C@@H]2[C@@H](C(=O)O)[C@H]3C=C[C@@H]2O3)cc1. The van der Waals surface area contributed by atoms with Crippen LogP contribution in [0.15, 0.2) is 36.4 Å². The standard InChI is InChI=1S/C19H21NO6/c1-2-3-10-25-19(24)11-4-6-12(7-5-11)20-17(21)15-13-8-9-14(26-13)16(15)18(22)23/h4-9,13-16H,2-3,10H2,1H3,(H,20,21)(H,22,23)/t13-,14+,15-,16-/m0/s1. The molecule has 1 saturated heterocycles. The van der Waals surface area contributed by atoms with Gasteiger partial charge in [-0.1, -0.05) is 25.5 Å². The topological polar surface area (TPSA) is 102 Å². The molecule has 2 aliphatic heterocycles. The van der Waals surface area contributed by atoms with Gasteiger partial charge in [0.1, 0.15) is 5.92 Å². The monoisotopic (exact) mass is 359 g/mol. The lowest BCUT2D eigenvalue weighted by Gasteiger charge is -2.21. The van der Waals surface area contributed by atoms with Crippen molar-refractivity contribution in [3.05, 3.63) is 42.0 Å². The van der Waals surface area contributed by atoms with Gasteiger partial charge in [0.15, 0.2) is 0 Å². The van der Waals surface area contributed by atoms with Gasteiger partial charge in [0.2, 0.25) is 5.91 Å². The van der Waals surface area contributed by atoms with Crippen molar-refractivity contribution >= 4 is 23.5 Å². The molecule has 2 N–H and O–H groups in total. The molecule has 2 bridgehead atoms. The number of carboxylic acid groups (broad SMARTS) is 1. The first-order valence-electron chi connectivity index (χ1n) is 8.66. The van der Waals surface area contributed by atoms with Crippen LogP contribution in [0.2, 0.25) is 0 Å². The van der Waals surface area contributed by atoms with Gasteiger partial charge in [0.25, 0.3) is 0 Å². The quantitative estimate of drug-likeness (QED) is 0.440. The van der Waals surface area contributed by atoms with Crippen LogP contribution < -0.4 is 5.32 Å². The lowest BCUT2D eigenvalue weighted by atomic mass is 9.82. The highest BCUT2D eigenvalue weighted by Crippen LogP contribution is 2.39. The molecule has 1 fully saturated rings. The molecule has 1 aromatic rings. The van der Waals surface area contributed by atoms with Crippen molar-refractivity contribution < 1.29 is 29.0 Å². The summed E-state index contributed by atoms with van der Waals surface area (Å²) in [4.78, 5) is 35.8. The summed E-state index contributed by atoms with van der Waals surface area (Å²) in [6, 6.07) is 6.31. The smallest absolute Gasteiger partial charge is 0.338 e. The first-order valence-corrected chi connectivity index (χ1v) is 8.66. The number of nitrogens with one attached hydrogen (secondary N) is 1. The Morgan fingerprint density at radius 2 is 1.77 bits per heavy atom. The zero-order chi connectivity index (χ0) is 18.7. The van der Waals surface area contributed by atoms with Crippen LogP contribution >= 0.6 is 0 Å². The molecule has 0 radical (unpaired) electrons. The van der Waals surface area contributed by atoms with Crippen molar-refractivity contribution in [3.63, 3.8) is 0 Å². The third kappa shape index (κ3) is 3.62. The second kappa shape index (κ2) is 7.70. The van der Waals surface area contributed by atoms with Crippen LogP contribution in [0.3, 0.4) is 0 Å². The first-order chi connectivity index (χ1) is 12.5. The van der Waals surface area contributed by atoms with E-state index in [9.17, 15) is 19.5 Å². The molecule has 1 amide bonds. The maximum absolute atomic E-state index is 12.5. The molecule has 4 atom stereocenters. The average molecular weight is 359 g/mol. The number of ether oxygens (including phenoxy) is 2. The Balaban J connectivity index is 1.62. The second-order valence-electron chi connectivity index (χ2n) is 6.40. The number of unbranched alkanes of at least 4 members (excludes halogenated alkanes) is 1. The Hall–Kier alpha value is -2.67.